The van der Waals surface area contributed by atoms with Crippen LogP contribution >= 0.6 is 0 Å². The first-order valence-electron chi connectivity index (χ1n) is 9.02. The summed E-state index contributed by atoms with van der Waals surface area (Å²) < 4.78 is 20.4. The molecule has 2 heterocycles. The number of hydrogen-bond donors (Lipinski definition) is 0. The van der Waals surface area contributed by atoms with Crippen molar-refractivity contribution in [2.24, 2.45) is 18.0 Å². The van der Waals surface area contributed by atoms with E-state index in [-0.39, 0.29) is 17.7 Å². The molecule has 0 saturated carbocycles. The number of ether oxygens (including phenoxy) is 1. The molecule has 1 aliphatic heterocycles. The van der Waals surface area contributed by atoms with Crippen LogP contribution in [0.1, 0.15) is 24.0 Å². The van der Waals surface area contributed by atoms with Crippen LogP contribution in [0.5, 0.6) is 0 Å². The van der Waals surface area contributed by atoms with Gasteiger partial charge in [-0.15, -0.1) is 0 Å². The lowest BCUT2D eigenvalue weighted by Gasteiger charge is -2.30. The number of esters is 1. The van der Waals surface area contributed by atoms with E-state index in [0.29, 0.717) is 11.5 Å². The van der Waals surface area contributed by atoms with E-state index in [9.17, 15) is 9.18 Å². The van der Waals surface area contributed by atoms with Crippen LogP contribution in [0.4, 0.5) is 10.2 Å². The zero-order valence-corrected chi connectivity index (χ0v) is 15.9. The number of rotatable bonds is 3. The first-order chi connectivity index (χ1) is 13.5. The van der Waals surface area contributed by atoms with Crippen LogP contribution in [0.2, 0.25) is 0 Å². The smallest absolute Gasteiger partial charge is 0.315 e. The fourth-order valence-corrected chi connectivity index (χ4v) is 3.87. The van der Waals surface area contributed by atoms with E-state index in [2.05, 4.69) is 4.99 Å². The molecule has 0 fully saturated rings. The second-order valence-corrected chi connectivity index (χ2v) is 6.86. The lowest BCUT2D eigenvalue weighted by atomic mass is 9.76. The quantitative estimate of drug-likeness (QED) is 0.641. The van der Waals surface area contributed by atoms with Gasteiger partial charge in [-0.1, -0.05) is 42.5 Å². The van der Waals surface area contributed by atoms with E-state index in [1.807, 2.05) is 44.3 Å². The Balaban J connectivity index is 2.00. The molecule has 5 nitrogen and oxygen atoms in total. The standard InChI is InChI=1S/C22H20FN3O2/c1-13-17(22(27)28-3)18(14-9-11-16(23)12-10-14)19-20(15-7-5-4-6-8-15)25-26(2)21(19)24-13/h4-12,17-18H,1-3H3. The molecule has 3 aromatic rings. The minimum Gasteiger partial charge on any atom is -0.468 e. The molecule has 0 amide bonds. The second kappa shape index (κ2) is 7.03. The average Bonchev–Trinajstić information content (AvgIpc) is 3.04. The van der Waals surface area contributed by atoms with Crippen LogP contribution in [0.25, 0.3) is 11.3 Å². The molecule has 2 aromatic carbocycles. The van der Waals surface area contributed by atoms with Crippen molar-refractivity contribution in [1.82, 2.24) is 9.78 Å². The fourth-order valence-electron chi connectivity index (χ4n) is 3.87. The predicted molar refractivity (Wildman–Crippen MR) is 105 cm³/mol. The molecule has 142 valence electrons. The number of nitrogens with zero attached hydrogens (tertiary/aromatic N) is 3. The summed E-state index contributed by atoms with van der Waals surface area (Å²) in [5.41, 5.74) is 4.01. The van der Waals surface area contributed by atoms with E-state index in [4.69, 9.17) is 9.84 Å². The van der Waals surface area contributed by atoms with Crippen molar-refractivity contribution >= 4 is 17.5 Å². The fraction of sp³-hybridized carbons (Fsp3) is 0.227. The van der Waals surface area contributed by atoms with E-state index in [1.165, 1.54) is 19.2 Å². The van der Waals surface area contributed by atoms with Crippen LogP contribution in [-0.2, 0) is 16.6 Å². The van der Waals surface area contributed by atoms with Crippen LogP contribution in [0.3, 0.4) is 0 Å². The number of benzene rings is 2. The highest BCUT2D eigenvalue weighted by Gasteiger charge is 2.41. The van der Waals surface area contributed by atoms with Crippen molar-refractivity contribution < 1.29 is 13.9 Å². The Kier molecular flexibility index (Phi) is 4.55. The number of fused-ring (bicyclic) bond motifs is 1. The molecule has 4 rings (SSSR count). The van der Waals surface area contributed by atoms with Gasteiger partial charge in [0.2, 0.25) is 0 Å². The van der Waals surface area contributed by atoms with Gasteiger partial charge in [0, 0.05) is 29.8 Å². The topological polar surface area (TPSA) is 56.5 Å². The van der Waals surface area contributed by atoms with Crippen LogP contribution in [0, 0.1) is 11.7 Å². The van der Waals surface area contributed by atoms with E-state index in [0.717, 1.165) is 22.4 Å². The van der Waals surface area contributed by atoms with Crippen molar-refractivity contribution in [2.45, 2.75) is 12.8 Å². The van der Waals surface area contributed by atoms with Crippen LogP contribution in [-0.4, -0.2) is 28.6 Å². The summed E-state index contributed by atoms with van der Waals surface area (Å²) in [7, 11) is 3.20. The summed E-state index contributed by atoms with van der Waals surface area (Å²) in [6, 6.07) is 16.0. The third-order valence-corrected chi connectivity index (χ3v) is 5.16. The van der Waals surface area contributed by atoms with E-state index >= 15 is 0 Å². The Morgan fingerprint density at radius 2 is 1.79 bits per heavy atom. The number of aryl methyl sites for hydroxylation is 1. The Hall–Kier alpha value is -3.28. The zero-order chi connectivity index (χ0) is 19.8. The van der Waals surface area contributed by atoms with Crippen LogP contribution < -0.4 is 0 Å². The van der Waals surface area contributed by atoms with Gasteiger partial charge in [0.25, 0.3) is 0 Å². The maximum Gasteiger partial charge on any atom is 0.315 e. The van der Waals surface area contributed by atoms with Crippen molar-refractivity contribution in [3.63, 3.8) is 0 Å². The summed E-state index contributed by atoms with van der Waals surface area (Å²) in [5.74, 6) is -0.969. The highest BCUT2D eigenvalue weighted by molar-refractivity contribution is 6.05. The monoisotopic (exact) mass is 377 g/mol. The van der Waals surface area contributed by atoms with Gasteiger partial charge in [-0.2, -0.15) is 5.10 Å². The Bertz CT molecular complexity index is 1060. The van der Waals surface area contributed by atoms with Gasteiger partial charge in [0.05, 0.1) is 12.8 Å². The Morgan fingerprint density at radius 3 is 2.43 bits per heavy atom. The highest BCUT2D eigenvalue weighted by atomic mass is 19.1. The molecule has 0 spiro atoms. The normalized spacial score (nSPS) is 18.4. The molecule has 6 heteroatoms. The number of aliphatic imine (C=N–C) groups is 1. The molecule has 28 heavy (non-hydrogen) atoms. The van der Waals surface area contributed by atoms with E-state index in [1.54, 1.807) is 16.8 Å². The molecule has 1 aliphatic rings. The first kappa shape index (κ1) is 18.1. The number of hydrogen-bond acceptors (Lipinski definition) is 4. The average molecular weight is 377 g/mol. The predicted octanol–water partition coefficient (Wildman–Crippen LogP) is 4.25. The SMILES string of the molecule is COC(=O)C1C(C)=Nc2c(c(-c3ccccc3)nn2C)C1c1ccc(F)cc1. The summed E-state index contributed by atoms with van der Waals surface area (Å²) in [5, 5.41) is 4.69. The molecule has 0 aliphatic carbocycles. The largest absolute Gasteiger partial charge is 0.468 e. The molecule has 0 bridgehead atoms. The number of halogens is 1. The molecular weight excluding hydrogens is 357 g/mol. The highest BCUT2D eigenvalue weighted by Crippen LogP contribution is 2.47. The second-order valence-electron chi connectivity index (χ2n) is 6.86. The molecule has 2 atom stereocenters. The first-order valence-corrected chi connectivity index (χ1v) is 9.02. The number of methoxy groups -OCH3 is 1. The lowest BCUT2D eigenvalue weighted by molar-refractivity contribution is -0.143. The van der Waals surface area contributed by atoms with Gasteiger partial charge >= 0.3 is 5.97 Å². The summed E-state index contributed by atoms with van der Waals surface area (Å²) in [6.45, 7) is 1.82. The van der Waals surface area contributed by atoms with Gasteiger partial charge in [-0.05, 0) is 24.6 Å². The third kappa shape index (κ3) is 2.91. The van der Waals surface area contributed by atoms with Gasteiger partial charge in [-0.25, -0.2) is 9.38 Å². The maximum atomic E-state index is 13.6. The maximum absolute atomic E-state index is 13.6. The summed E-state index contributed by atoms with van der Waals surface area (Å²) >= 11 is 0. The van der Waals surface area contributed by atoms with Crippen molar-refractivity contribution in [2.75, 3.05) is 7.11 Å². The van der Waals surface area contributed by atoms with Gasteiger partial charge in [0.1, 0.15) is 11.7 Å². The van der Waals surface area contributed by atoms with Gasteiger partial charge in [-0.3, -0.25) is 9.48 Å². The number of carbonyl (C=O) groups excluding carboxylic acids is 1. The number of carbonyl (C=O) groups is 1. The molecule has 0 saturated heterocycles. The molecule has 1 aromatic heterocycles. The summed E-state index contributed by atoms with van der Waals surface area (Å²) in [4.78, 5) is 17.4. The molecule has 2 unspecified atom stereocenters. The van der Waals surface area contributed by atoms with Crippen molar-refractivity contribution in [1.29, 1.82) is 0 Å². The molecule has 0 N–H and O–H groups in total. The third-order valence-electron chi connectivity index (χ3n) is 5.16. The minimum atomic E-state index is -0.602. The zero-order valence-electron chi connectivity index (χ0n) is 15.9. The number of aromatic nitrogens is 2. The van der Waals surface area contributed by atoms with Gasteiger partial charge in [0.15, 0.2) is 5.82 Å². The Labute approximate surface area is 162 Å². The lowest BCUT2D eigenvalue weighted by Crippen LogP contribution is -2.33. The van der Waals surface area contributed by atoms with E-state index < -0.39 is 5.92 Å². The van der Waals surface area contributed by atoms with Gasteiger partial charge < -0.3 is 4.74 Å². The molecule has 0 radical (unpaired) electrons. The van der Waals surface area contributed by atoms with Crippen LogP contribution in [0.15, 0.2) is 59.6 Å². The van der Waals surface area contributed by atoms with Crippen molar-refractivity contribution in [3.05, 3.63) is 71.5 Å². The molecular formula is C22H20FN3O2. The summed E-state index contributed by atoms with van der Waals surface area (Å²) in [6.07, 6.45) is 0. The minimum absolute atomic E-state index is 0.325. The van der Waals surface area contributed by atoms with Crippen molar-refractivity contribution in [3.8, 4) is 11.3 Å². The Morgan fingerprint density at radius 1 is 1.11 bits per heavy atom.